The molecule has 0 aromatic heterocycles. The molecule has 0 N–H and O–H groups in total. The van der Waals surface area contributed by atoms with E-state index in [1.165, 1.54) is 6.07 Å². The standard InChI is InChI=1S/C15H13N3O2/c1-11-9-14(18(19)20)7-8-15(11)17(2)13-5-3-12(10-16)4-6-13/h3-9H,1-2H3. The summed E-state index contributed by atoms with van der Waals surface area (Å²) in [5.74, 6) is 0. The highest BCUT2D eigenvalue weighted by Crippen LogP contribution is 2.29. The number of benzene rings is 2. The van der Waals surface area contributed by atoms with Gasteiger partial charge in [-0.1, -0.05) is 0 Å². The van der Waals surface area contributed by atoms with Crippen LogP contribution in [-0.4, -0.2) is 12.0 Å². The highest BCUT2D eigenvalue weighted by molar-refractivity contribution is 5.67. The Morgan fingerprint density at radius 3 is 2.35 bits per heavy atom. The minimum atomic E-state index is -0.404. The van der Waals surface area contributed by atoms with Crippen molar-refractivity contribution in [1.82, 2.24) is 0 Å². The Labute approximate surface area is 116 Å². The van der Waals surface area contributed by atoms with Gasteiger partial charge in [0.05, 0.1) is 16.6 Å². The summed E-state index contributed by atoms with van der Waals surface area (Å²) >= 11 is 0. The van der Waals surface area contributed by atoms with Crippen LogP contribution in [0.4, 0.5) is 17.1 Å². The zero-order valence-corrected chi connectivity index (χ0v) is 11.2. The van der Waals surface area contributed by atoms with Gasteiger partial charge in [-0.05, 0) is 42.8 Å². The number of rotatable bonds is 3. The number of anilines is 2. The van der Waals surface area contributed by atoms with E-state index in [-0.39, 0.29) is 5.69 Å². The van der Waals surface area contributed by atoms with Gasteiger partial charge in [0.1, 0.15) is 0 Å². The second kappa shape index (κ2) is 5.41. The van der Waals surface area contributed by atoms with Crippen molar-refractivity contribution in [3.63, 3.8) is 0 Å². The Kier molecular flexibility index (Phi) is 3.67. The van der Waals surface area contributed by atoms with Gasteiger partial charge < -0.3 is 4.90 Å². The van der Waals surface area contributed by atoms with Gasteiger partial charge in [-0.2, -0.15) is 5.26 Å². The number of nitriles is 1. The lowest BCUT2D eigenvalue weighted by Crippen LogP contribution is -2.10. The lowest BCUT2D eigenvalue weighted by molar-refractivity contribution is -0.384. The monoisotopic (exact) mass is 267 g/mol. The maximum Gasteiger partial charge on any atom is 0.269 e. The van der Waals surface area contributed by atoms with Crippen molar-refractivity contribution < 1.29 is 4.92 Å². The summed E-state index contributed by atoms with van der Waals surface area (Å²) < 4.78 is 0. The fourth-order valence-corrected chi connectivity index (χ4v) is 2.03. The molecule has 0 bridgehead atoms. The molecule has 2 aromatic carbocycles. The van der Waals surface area contributed by atoms with Crippen LogP contribution in [0.25, 0.3) is 0 Å². The van der Waals surface area contributed by atoms with Crippen molar-refractivity contribution in [2.45, 2.75) is 6.92 Å². The number of aryl methyl sites for hydroxylation is 1. The topological polar surface area (TPSA) is 70.2 Å². The summed E-state index contributed by atoms with van der Waals surface area (Å²) in [6, 6.07) is 14.0. The number of nitro groups is 1. The van der Waals surface area contributed by atoms with Crippen molar-refractivity contribution in [3.8, 4) is 6.07 Å². The van der Waals surface area contributed by atoms with E-state index in [0.29, 0.717) is 5.56 Å². The van der Waals surface area contributed by atoms with Gasteiger partial charge in [-0.3, -0.25) is 10.1 Å². The normalized spacial score (nSPS) is 9.85. The number of nitro benzene ring substituents is 1. The summed E-state index contributed by atoms with van der Waals surface area (Å²) in [5, 5.41) is 19.5. The first kappa shape index (κ1) is 13.6. The molecule has 0 fully saturated rings. The fraction of sp³-hybridized carbons (Fsp3) is 0.133. The lowest BCUT2D eigenvalue weighted by Gasteiger charge is -2.21. The summed E-state index contributed by atoms with van der Waals surface area (Å²) in [6.45, 7) is 1.84. The van der Waals surface area contributed by atoms with E-state index >= 15 is 0 Å². The average molecular weight is 267 g/mol. The van der Waals surface area contributed by atoms with Crippen LogP contribution in [0.3, 0.4) is 0 Å². The van der Waals surface area contributed by atoms with Crippen LogP contribution < -0.4 is 4.90 Å². The molecule has 0 aliphatic rings. The van der Waals surface area contributed by atoms with Crippen LogP contribution in [0.2, 0.25) is 0 Å². The molecule has 0 unspecified atom stereocenters. The average Bonchev–Trinajstić information content (AvgIpc) is 2.46. The molecule has 0 amide bonds. The first-order valence-corrected chi connectivity index (χ1v) is 6.02. The molecule has 5 nitrogen and oxygen atoms in total. The zero-order chi connectivity index (χ0) is 14.7. The van der Waals surface area contributed by atoms with Crippen LogP contribution in [0.1, 0.15) is 11.1 Å². The Hall–Kier alpha value is -2.87. The van der Waals surface area contributed by atoms with Crippen molar-refractivity contribution >= 4 is 17.1 Å². The second-order valence-corrected chi connectivity index (χ2v) is 4.45. The van der Waals surface area contributed by atoms with E-state index in [2.05, 4.69) is 6.07 Å². The summed E-state index contributed by atoms with van der Waals surface area (Å²) in [5.41, 5.74) is 3.31. The van der Waals surface area contributed by atoms with Crippen LogP contribution in [-0.2, 0) is 0 Å². The molecule has 0 saturated heterocycles. The molecule has 0 heterocycles. The maximum atomic E-state index is 10.7. The molecule has 5 heteroatoms. The van der Waals surface area contributed by atoms with Gasteiger partial charge in [0.15, 0.2) is 0 Å². The van der Waals surface area contributed by atoms with Crippen LogP contribution in [0, 0.1) is 28.4 Å². The van der Waals surface area contributed by atoms with Gasteiger partial charge in [-0.15, -0.1) is 0 Å². The SMILES string of the molecule is Cc1cc([N+](=O)[O-])ccc1N(C)c1ccc(C#N)cc1. The van der Waals surface area contributed by atoms with Crippen molar-refractivity contribution in [1.29, 1.82) is 5.26 Å². The fourth-order valence-electron chi connectivity index (χ4n) is 2.03. The number of nitrogens with zero attached hydrogens (tertiary/aromatic N) is 3. The molecule has 2 aromatic rings. The van der Waals surface area contributed by atoms with Gasteiger partial charge in [0, 0.05) is 30.6 Å². The molecule has 0 saturated carbocycles. The van der Waals surface area contributed by atoms with Gasteiger partial charge in [0.2, 0.25) is 0 Å². The predicted octanol–water partition coefficient (Wildman–Crippen LogP) is 3.54. The molecule has 0 atom stereocenters. The van der Waals surface area contributed by atoms with Crippen molar-refractivity contribution in [2.24, 2.45) is 0 Å². The van der Waals surface area contributed by atoms with E-state index in [0.717, 1.165) is 16.9 Å². The minimum Gasteiger partial charge on any atom is -0.344 e. The minimum absolute atomic E-state index is 0.0829. The molecule has 2 rings (SSSR count). The van der Waals surface area contributed by atoms with E-state index < -0.39 is 4.92 Å². The maximum absolute atomic E-state index is 10.7. The molecule has 0 aliphatic carbocycles. The third-order valence-electron chi connectivity index (χ3n) is 3.14. The highest BCUT2D eigenvalue weighted by Gasteiger charge is 2.11. The zero-order valence-electron chi connectivity index (χ0n) is 11.2. The molecule has 0 aliphatic heterocycles. The first-order valence-electron chi connectivity index (χ1n) is 6.02. The summed E-state index contributed by atoms with van der Waals surface area (Å²) in [6.07, 6.45) is 0. The van der Waals surface area contributed by atoms with Crippen molar-refractivity contribution in [3.05, 3.63) is 63.7 Å². The number of non-ortho nitro benzene ring substituents is 1. The summed E-state index contributed by atoms with van der Waals surface area (Å²) in [7, 11) is 1.88. The smallest absolute Gasteiger partial charge is 0.269 e. The van der Waals surface area contributed by atoms with Gasteiger partial charge in [0.25, 0.3) is 5.69 Å². The van der Waals surface area contributed by atoms with E-state index in [1.54, 1.807) is 24.3 Å². The molecule has 20 heavy (non-hydrogen) atoms. The first-order chi connectivity index (χ1) is 9.52. The Morgan fingerprint density at radius 2 is 1.85 bits per heavy atom. The number of hydrogen-bond donors (Lipinski definition) is 0. The van der Waals surface area contributed by atoms with Crippen molar-refractivity contribution in [2.75, 3.05) is 11.9 Å². The van der Waals surface area contributed by atoms with Gasteiger partial charge >= 0.3 is 0 Å². The molecule has 0 spiro atoms. The Morgan fingerprint density at radius 1 is 1.20 bits per heavy atom. The quantitative estimate of drug-likeness (QED) is 0.630. The molecular weight excluding hydrogens is 254 g/mol. The van der Waals surface area contributed by atoms with E-state index in [4.69, 9.17) is 5.26 Å². The largest absolute Gasteiger partial charge is 0.344 e. The highest BCUT2D eigenvalue weighted by atomic mass is 16.6. The molecular formula is C15H13N3O2. The van der Waals surface area contributed by atoms with Crippen LogP contribution in [0.5, 0.6) is 0 Å². The van der Waals surface area contributed by atoms with Crippen LogP contribution >= 0.6 is 0 Å². The van der Waals surface area contributed by atoms with Crippen LogP contribution in [0.15, 0.2) is 42.5 Å². The molecule has 100 valence electrons. The van der Waals surface area contributed by atoms with Gasteiger partial charge in [-0.25, -0.2) is 0 Å². The third kappa shape index (κ3) is 2.59. The Balaban J connectivity index is 2.35. The van der Waals surface area contributed by atoms with E-state index in [9.17, 15) is 10.1 Å². The number of hydrogen-bond acceptors (Lipinski definition) is 4. The third-order valence-corrected chi connectivity index (χ3v) is 3.14. The molecule has 0 radical (unpaired) electrons. The lowest BCUT2D eigenvalue weighted by atomic mass is 10.1. The second-order valence-electron chi connectivity index (χ2n) is 4.45. The summed E-state index contributed by atoms with van der Waals surface area (Å²) in [4.78, 5) is 12.3. The van der Waals surface area contributed by atoms with E-state index in [1.807, 2.05) is 31.0 Å². The Bertz CT molecular complexity index is 687. The predicted molar refractivity (Wildman–Crippen MR) is 77.1 cm³/mol.